The van der Waals surface area contributed by atoms with Crippen LogP contribution in [0.2, 0.25) is 0 Å². The Bertz CT molecular complexity index is 701. The molecule has 0 saturated carbocycles. The van der Waals surface area contributed by atoms with Crippen LogP contribution in [-0.2, 0) is 17.8 Å². The number of carbonyl (C=O) groups excluding carboxylic acids is 1. The first kappa shape index (κ1) is 18.0. The van der Waals surface area contributed by atoms with Crippen LogP contribution in [0, 0.1) is 0 Å². The van der Waals surface area contributed by atoms with Gasteiger partial charge in [-0.3, -0.25) is 4.79 Å². The second-order valence-corrected chi connectivity index (χ2v) is 7.47. The van der Waals surface area contributed by atoms with Crippen LogP contribution in [0.3, 0.4) is 0 Å². The van der Waals surface area contributed by atoms with Crippen molar-refractivity contribution in [1.29, 1.82) is 0 Å². The first-order valence-electron chi connectivity index (χ1n) is 9.07. The molecule has 1 fully saturated rings. The number of nitrogens with zero attached hydrogens (tertiary/aromatic N) is 4. The van der Waals surface area contributed by atoms with Gasteiger partial charge in [-0.05, 0) is 38.7 Å². The number of benzene rings is 1. The van der Waals surface area contributed by atoms with Crippen LogP contribution in [0.1, 0.15) is 44.5 Å². The maximum absolute atomic E-state index is 12.5. The van der Waals surface area contributed by atoms with Crippen molar-refractivity contribution in [2.24, 2.45) is 0 Å². The second kappa shape index (κ2) is 8.52. The van der Waals surface area contributed by atoms with Crippen molar-refractivity contribution in [3.63, 3.8) is 0 Å². The Balaban J connectivity index is 1.63. The van der Waals surface area contributed by atoms with Crippen molar-refractivity contribution in [3.05, 3.63) is 41.7 Å². The summed E-state index contributed by atoms with van der Waals surface area (Å²) in [5, 5.41) is 9.52. The molecule has 134 valence electrons. The molecule has 3 rings (SSSR count). The van der Waals surface area contributed by atoms with Crippen molar-refractivity contribution in [2.75, 3.05) is 12.3 Å². The smallest absolute Gasteiger partial charge is 0.233 e. The molecule has 1 saturated heterocycles. The molecule has 5 nitrogen and oxygen atoms in total. The van der Waals surface area contributed by atoms with Crippen molar-refractivity contribution in [3.8, 4) is 0 Å². The normalized spacial score (nSPS) is 17.7. The zero-order valence-electron chi connectivity index (χ0n) is 15.0. The Kier molecular flexibility index (Phi) is 6.13. The molecule has 1 amide bonds. The first-order chi connectivity index (χ1) is 12.2. The second-order valence-electron chi connectivity index (χ2n) is 6.53. The largest absolute Gasteiger partial charge is 0.339 e. The molecular weight excluding hydrogens is 332 g/mol. The van der Waals surface area contributed by atoms with Gasteiger partial charge in [0.1, 0.15) is 5.82 Å². The Morgan fingerprint density at radius 1 is 1.24 bits per heavy atom. The molecule has 0 unspecified atom stereocenters. The Morgan fingerprint density at radius 2 is 2.04 bits per heavy atom. The van der Waals surface area contributed by atoms with Gasteiger partial charge in [-0.15, -0.1) is 10.2 Å². The predicted molar refractivity (Wildman–Crippen MR) is 101 cm³/mol. The van der Waals surface area contributed by atoms with Gasteiger partial charge in [-0.1, -0.05) is 42.1 Å². The minimum atomic E-state index is 0.215. The molecule has 2 heterocycles. The van der Waals surface area contributed by atoms with E-state index in [1.807, 2.05) is 23.1 Å². The third kappa shape index (κ3) is 4.42. The molecule has 1 aliphatic heterocycles. The number of hydrogen-bond donors (Lipinski definition) is 0. The number of amides is 1. The van der Waals surface area contributed by atoms with Gasteiger partial charge in [0.2, 0.25) is 5.91 Å². The summed E-state index contributed by atoms with van der Waals surface area (Å²) in [6.45, 7) is 5.94. The highest BCUT2D eigenvalue weighted by atomic mass is 32.2. The van der Waals surface area contributed by atoms with Gasteiger partial charge in [-0.25, -0.2) is 0 Å². The van der Waals surface area contributed by atoms with Gasteiger partial charge < -0.3 is 9.47 Å². The zero-order valence-corrected chi connectivity index (χ0v) is 15.8. The molecule has 1 aromatic heterocycles. The lowest BCUT2D eigenvalue weighted by Gasteiger charge is -2.33. The van der Waals surface area contributed by atoms with Crippen LogP contribution in [0.4, 0.5) is 0 Å². The molecule has 1 atom stereocenters. The van der Waals surface area contributed by atoms with Crippen molar-refractivity contribution in [1.82, 2.24) is 19.7 Å². The van der Waals surface area contributed by atoms with Crippen LogP contribution in [-0.4, -0.2) is 43.9 Å². The Labute approximate surface area is 153 Å². The van der Waals surface area contributed by atoms with Gasteiger partial charge >= 0.3 is 0 Å². The van der Waals surface area contributed by atoms with E-state index in [1.54, 1.807) is 0 Å². The van der Waals surface area contributed by atoms with E-state index in [2.05, 4.69) is 40.7 Å². The van der Waals surface area contributed by atoms with Crippen LogP contribution >= 0.6 is 11.8 Å². The summed E-state index contributed by atoms with van der Waals surface area (Å²) in [5.74, 6) is 1.61. The summed E-state index contributed by atoms with van der Waals surface area (Å²) in [5.41, 5.74) is 1.22. The molecule has 25 heavy (non-hydrogen) atoms. The summed E-state index contributed by atoms with van der Waals surface area (Å²) in [4.78, 5) is 14.5. The summed E-state index contributed by atoms with van der Waals surface area (Å²) < 4.78 is 2.12. The minimum Gasteiger partial charge on any atom is -0.339 e. The monoisotopic (exact) mass is 358 g/mol. The highest BCUT2D eigenvalue weighted by molar-refractivity contribution is 7.99. The van der Waals surface area contributed by atoms with Gasteiger partial charge in [-0.2, -0.15) is 0 Å². The fourth-order valence-electron chi connectivity index (χ4n) is 3.33. The molecule has 2 aromatic rings. The molecular formula is C19H26N4OS. The molecule has 0 bridgehead atoms. The van der Waals surface area contributed by atoms with Crippen molar-refractivity contribution in [2.45, 2.75) is 57.3 Å². The molecule has 6 heteroatoms. The van der Waals surface area contributed by atoms with Gasteiger partial charge in [0.05, 0.1) is 5.75 Å². The highest BCUT2D eigenvalue weighted by Crippen LogP contribution is 2.22. The number of likely N-dealkylation sites (tertiary alicyclic amines) is 1. The summed E-state index contributed by atoms with van der Waals surface area (Å²) >= 11 is 1.50. The predicted octanol–water partition coefficient (Wildman–Crippen LogP) is 3.38. The zero-order chi connectivity index (χ0) is 17.6. The maximum atomic E-state index is 12.5. The van der Waals surface area contributed by atoms with Crippen molar-refractivity contribution >= 4 is 17.7 Å². The van der Waals surface area contributed by atoms with E-state index in [0.717, 1.165) is 43.3 Å². The summed E-state index contributed by atoms with van der Waals surface area (Å²) in [6, 6.07) is 10.7. The third-order valence-corrected chi connectivity index (χ3v) is 5.71. The summed E-state index contributed by atoms with van der Waals surface area (Å²) in [6.07, 6.45) is 4.22. The Hall–Kier alpha value is -1.82. The Morgan fingerprint density at radius 3 is 2.76 bits per heavy atom. The topological polar surface area (TPSA) is 51.0 Å². The van der Waals surface area contributed by atoms with Gasteiger partial charge in [0, 0.05) is 25.6 Å². The number of aromatic nitrogens is 3. The SMILES string of the molecule is CCn1c(Cc2ccccc2)nnc1SCC(=O)N1CCCC[C@@H]1C. The third-order valence-electron chi connectivity index (χ3n) is 4.76. The molecule has 1 aliphatic rings. The molecule has 0 spiro atoms. The average molecular weight is 359 g/mol. The quantitative estimate of drug-likeness (QED) is 0.743. The van der Waals surface area contributed by atoms with Gasteiger partial charge in [0.15, 0.2) is 5.16 Å². The van der Waals surface area contributed by atoms with E-state index < -0.39 is 0 Å². The molecule has 0 radical (unpaired) electrons. The lowest BCUT2D eigenvalue weighted by atomic mass is 10.0. The summed E-state index contributed by atoms with van der Waals surface area (Å²) in [7, 11) is 0. The van der Waals surface area contributed by atoms with Crippen LogP contribution in [0.15, 0.2) is 35.5 Å². The number of hydrogen-bond acceptors (Lipinski definition) is 4. The first-order valence-corrected chi connectivity index (χ1v) is 10.1. The lowest BCUT2D eigenvalue weighted by Crippen LogP contribution is -2.43. The minimum absolute atomic E-state index is 0.215. The number of carbonyl (C=O) groups is 1. The van der Waals surface area contributed by atoms with E-state index in [9.17, 15) is 4.79 Å². The van der Waals surface area contributed by atoms with E-state index in [-0.39, 0.29) is 5.91 Å². The van der Waals surface area contributed by atoms with Crippen LogP contribution < -0.4 is 0 Å². The number of piperidine rings is 1. The van der Waals surface area contributed by atoms with E-state index in [0.29, 0.717) is 11.8 Å². The van der Waals surface area contributed by atoms with E-state index in [1.165, 1.54) is 23.7 Å². The number of thioether (sulfide) groups is 1. The molecule has 0 aliphatic carbocycles. The van der Waals surface area contributed by atoms with Crippen LogP contribution in [0.25, 0.3) is 0 Å². The molecule has 0 N–H and O–H groups in total. The van der Waals surface area contributed by atoms with Gasteiger partial charge in [0.25, 0.3) is 0 Å². The van der Waals surface area contributed by atoms with Crippen molar-refractivity contribution < 1.29 is 4.79 Å². The highest BCUT2D eigenvalue weighted by Gasteiger charge is 2.23. The fraction of sp³-hybridized carbons (Fsp3) is 0.526. The molecule has 1 aromatic carbocycles. The number of rotatable bonds is 6. The fourth-order valence-corrected chi connectivity index (χ4v) is 4.24. The van der Waals surface area contributed by atoms with Crippen LogP contribution in [0.5, 0.6) is 0 Å². The lowest BCUT2D eigenvalue weighted by molar-refractivity contribution is -0.131. The standard InChI is InChI=1S/C19H26N4OS/c1-3-22-17(13-16-10-5-4-6-11-16)20-21-19(22)25-14-18(24)23-12-8-7-9-15(23)2/h4-6,10-11,15H,3,7-9,12-14H2,1-2H3/t15-/m0/s1. The average Bonchev–Trinajstić information content (AvgIpc) is 3.02. The maximum Gasteiger partial charge on any atom is 0.233 e. The van der Waals surface area contributed by atoms with E-state index in [4.69, 9.17) is 0 Å². The van der Waals surface area contributed by atoms with E-state index >= 15 is 0 Å².